The summed E-state index contributed by atoms with van der Waals surface area (Å²) in [7, 11) is 1.38. The second kappa shape index (κ2) is 9.94. The third-order valence-corrected chi connectivity index (χ3v) is 6.42. The molecule has 1 amide bonds. The molecule has 3 rings (SSSR count). The Morgan fingerprint density at radius 2 is 1.69 bits per heavy atom. The summed E-state index contributed by atoms with van der Waals surface area (Å²) in [5.41, 5.74) is 3.29. The van der Waals surface area contributed by atoms with Gasteiger partial charge in [0, 0.05) is 37.6 Å². The van der Waals surface area contributed by atoms with Crippen LogP contribution in [0.2, 0.25) is 0 Å². The van der Waals surface area contributed by atoms with Gasteiger partial charge in [-0.05, 0) is 37.1 Å². The molecule has 1 atom stereocenters. The number of carbonyl (C=O) groups excluding carboxylic acids is 2. The third-order valence-electron chi connectivity index (χ3n) is 5.27. The van der Waals surface area contributed by atoms with Crippen molar-refractivity contribution in [3.63, 3.8) is 0 Å². The van der Waals surface area contributed by atoms with Crippen molar-refractivity contribution in [2.45, 2.75) is 30.5 Å². The molecular formula is C23H28N2O3S. The van der Waals surface area contributed by atoms with Gasteiger partial charge in [-0.3, -0.25) is 14.5 Å². The molecular weight excluding hydrogens is 384 g/mol. The van der Waals surface area contributed by atoms with Crippen molar-refractivity contribution in [2.24, 2.45) is 0 Å². The van der Waals surface area contributed by atoms with Gasteiger partial charge >= 0.3 is 5.97 Å². The number of nitrogens with zero attached hydrogens (tertiary/aromatic N) is 2. The zero-order chi connectivity index (χ0) is 20.8. The van der Waals surface area contributed by atoms with Crippen molar-refractivity contribution in [1.29, 1.82) is 0 Å². The van der Waals surface area contributed by atoms with E-state index < -0.39 is 0 Å². The minimum Gasteiger partial charge on any atom is -0.468 e. The number of rotatable bonds is 6. The highest BCUT2D eigenvalue weighted by molar-refractivity contribution is 8.00. The Morgan fingerprint density at radius 3 is 2.38 bits per heavy atom. The van der Waals surface area contributed by atoms with Gasteiger partial charge in [0.05, 0.1) is 12.7 Å². The van der Waals surface area contributed by atoms with Crippen molar-refractivity contribution in [3.8, 4) is 0 Å². The number of ether oxygens (including phenoxy) is 1. The zero-order valence-electron chi connectivity index (χ0n) is 17.3. The summed E-state index contributed by atoms with van der Waals surface area (Å²) in [6.45, 7) is 7.97. The van der Waals surface area contributed by atoms with Gasteiger partial charge in [-0.1, -0.05) is 36.4 Å². The van der Waals surface area contributed by atoms with Crippen LogP contribution in [0.4, 0.5) is 0 Å². The molecule has 1 saturated heterocycles. The molecule has 1 heterocycles. The van der Waals surface area contributed by atoms with E-state index in [1.807, 2.05) is 29.2 Å². The number of thioether (sulfide) groups is 1. The van der Waals surface area contributed by atoms with Gasteiger partial charge in [-0.25, -0.2) is 0 Å². The first kappa shape index (κ1) is 21.4. The van der Waals surface area contributed by atoms with E-state index in [0.29, 0.717) is 18.7 Å². The van der Waals surface area contributed by atoms with Crippen molar-refractivity contribution in [3.05, 3.63) is 65.2 Å². The quantitative estimate of drug-likeness (QED) is 0.536. The van der Waals surface area contributed by atoms with Crippen LogP contribution in [0.1, 0.15) is 28.4 Å². The standard InChI is InChI=1S/C23H28N2O3S/c1-17-8-4-5-9-19(17)16-24-12-14-25(15-13-24)22(26)20-10-6-7-11-21(20)29-18(2)23(27)28-3/h4-11,18H,12-16H2,1-3H3. The van der Waals surface area contributed by atoms with E-state index in [0.717, 1.165) is 24.5 Å². The largest absolute Gasteiger partial charge is 0.468 e. The molecule has 1 aliphatic heterocycles. The first-order valence-corrected chi connectivity index (χ1v) is 10.8. The van der Waals surface area contributed by atoms with E-state index in [2.05, 4.69) is 36.1 Å². The Balaban J connectivity index is 1.62. The van der Waals surface area contributed by atoms with E-state index in [1.54, 1.807) is 6.92 Å². The molecule has 0 saturated carbocycles. The average molecular weight is 413 g/mol. The van der Waals surface area contributed by atoms with Crippen LogP contribution in [0.3, 0.4) is 0 Å². The predicted molar refractivity (Wildman–Crippen MR) is 116 cm³/mol. The lowest BCUT2D eigenvalue weighted by Crippen LogP contribution is -2.48. The van der Waals surface area contributed by atoms with Gasteiger partial charge in [0.2, 0.25) is 0 Å². The van der Waals surface area contributed by atoms with Crippen LogP contribution in [0.5, 0.6) is 0 Å². The molecule has 29 heavy (non-hydrogen) atoms. The number of amides is 1. The van der Waals surface area contributed by atoms with Crippen LogP contribution in [0, 0.1) is 6.92 Å². The molecule has 0 spiro atoms. The number of carbonyl (C=O) groups is 2. The fourth-order valence-corrected chi connectivity index (χ4v) is 4.47. The number of aryl methyl sites for hydroxylation is 1. The van der Waals surface area contributed by atoms with Gasteiger partial charge in [0.15, 0.2) is 0 Å². The molecule has 1 aliphatic rings. The summed E-state index contributed by atoms with van der Waals surface area (Å²) in [5.74, 6) is -0.261. The van der Waals surface area contributed by atoms with Gasteiger partial charge in [0.1, 0.15) is 5.25 Å². The van der Waals surface area contributed by atoms with Gasteiger partial charge in [0.25, 0.3) is 5.91 Å². The van der Waals surface area contributed by atoms with Crippen molar-refractivity contribution < 1.29 is 14.3 Å². The normalized spacial score (nSPS) is 15.8. The topological polar surface area (TPSA) is 49.9 Å². The Hall–Kier alpha value is -2.31. The summed E-state index contributed by atoms with van der Waals surface area (Å²) in [5, 5.41) is -0.361. The van der Waals surface area contributed by atoms with Crippen molar-refractivity contribution in [2.75, 3.05) is 33.3 Å². The van der Waals surface area contributed by atoms with Crippen LogP contribution < -0.4 is 0 Å². The number of methoxy groups -OCH3 is 1. The van der Waals surface area contributed by atoms with Crippen LogP contribution >= 0.6 is 11.8 Å². The maximum Gasteiger partial charge on any atom is 0.318 e. The molecule has 2 aromatic rings. The fourth-order valence-electron chi connectivity index (χ4n) is 3.46. The molecule has 1 unspecified atom stereocenters. The number of hydrogen-bond donors (Lipinski definition) is 0. The fraction of sp³-hybridized carbons (Fsp3) is 0.391. The number of piperazine rings is 1. The van der Waals surface area contributed by atoms with Crippen LogP contribution in [0.25, 0.3) is 0 Å². The molecule has 1 fully saturated rings. The average Bonchev–Trinajstić information content (AvgIpc) is 2.75. The Kier molecular flexibility index (Phi) is 7.34. The van der Waals surface area contributed by atoms with E-state index in [9.17, 15) is 9.59 Å². The molecule has 0 N–H and O–H groups in total. The minimum absolute atomic E-state index is 0.0284. The van der Waals surface area contributed by atoms with Gasteiger partial charge in [-0.2, -0.15) is 0 Å². The molecule has 2 aromatic carbocycles. The number of esters is 1. The highest BCUT2D eigenvalue weighted by Crippen LogP contribution is 2.28. The Bertz CT molecular complexity index is 863. The van der Waals surface area contributed by atoms with Crippen LogP contribution in [-0.4, -0.2) is 60.2 Å². The molecule has 0 aliphatic carbocycles. The number of hydrogen-bond acceptors (Lipinski definition) is 5. The van der Waals surface area contributed by atoms with E-state index in [-0.39, 0.29) is 17.1 Å². The molecule has 0 bridgehead atoms. The van der Waals surface area contributed by atoms with Crippen molar-refractivity contribution in [1.82, 2.24) is 9.80 Å². The molecule has 154 valence electrons. The Morgan fingerprint density at radius 1 is 1.03 bits per heavy atom. The smallest absolute Gasteiger partial charge is 0.318 e. The predicted octanol–water partition coefficient (Wildman–Crippen LogP) is 3.61. The molecule has 5 nitrogen and oxygen atoms in total. The lowest BCUT2D eigenvalue weighted by atomic mass is 10.1. The lowest BCUT2D eigenvalue weighted by molar-refractivity contribution is -0.139. The SMILES string of the molecule is COC(=O)C(C)Sc1ccccc1C(=O)N1CCN(Cc2ccccc2C)CC1. The van der Waals surface area contributed by atoms with E-state index in [4.69, 9.17) is 4.74 Å². The summed E-state index contributed by atoms with van der Waals surface area (Å²) in [6.07, 6.45) is 0. The van der Waals surface area contributed by atoms with E-state index in [1.165, 1.54) is 30.0 Å². The van der Waals surface area contributed by atoms with Crippen molar-refractivity contribution >= 4 is 23.6 Å². The zero-order valence-corrected chi connectivity index (χ0v) is 18.1. The monoisotopic (exact) mass is 412 g/mol. The summed E-state index contributed by atoms with van der Waals surface area (Å²) in [6, 6.07) is 15.9. The maximum absolute atomic E-state index is 13.1. The van der Waals surface area contributed by atoms with Gasteiger partial charge in [-0.15, -0.1) is 11.8 Å². The van der Waals surface area contributed by atoms with Crippen LogP contribution in [0.15, 0.2) is 53.4 Å². The van der Waals surface area contributed by atoms with Gasteiger partial charge < -0.3 is 9.64 Å². The third kappa shape index (κ3) is 5.40. The number of benzene rings is 2. The molecule has 0 aromatic heterocycles. The Labute approximate surface area is 177 Å². The first-order chi connectivity index (χ1) is 14.0. The highest BCUT2D eigenvalue weighted by atomic mass is 32.2. The lowest BCUT2D eigenvalue weighted by Gasteiger charge is -2.35. The summed E-state index contributed by atoms with van der Waals surface area (Å²) < 4.78 is 4.81. The molecule has 0 radical (unpaired) electrons. The summed E-state index contributed by atoms with van der Waals surface area (Å²) in [4.78, 5) is 30.0. The molecule has 6 heteroatoms. The second-order valence-electron chi connectivity index (χ2n) is 7.27. The minimum atomic E-state index is -0.361. The van der Waals surface area contributed by atoms with Crippen LogP contribution in [-0.2, 0) is 16.1 Å². The summed E-state index contributed by atoms with van der Waals surface area (Å²) >= 11 is 1.37. The van der Waals surface area contributed by atoms with E-state index >= 15 is 0 Å². The highest BCUT2D eigenvalue weighted by Gasteiger charge is 2.25. The first-order valence-electron chi connectivity index (χ1n) is 9.89. The maximum atomic E-state index is 13.1. The second-order valence-corrected chi connectivity index (χ2v) is 8.66.